The van der Waals surface area contributed by atoms with Gasteiger partial charge in [-0.1, -0.05) is 32.1 Å². The number of sulfonamides is 1. The van der Waals surface area contributed by atoms with Crippen LogP contribution in [0.3, 0.4) is 0 Å². The molecule has 40 heavy (non-hydrogen) atoms. The van der Waals surface area contributed by atoms with Crippen molar-refractivity contribution in [3.05, 3.63) is 54.4 Å². The average molecular weight is 572 g/mol. The Hall–Kier alpha value is -3.51. The van der Waals surface area contributed by atoms with Gasteiger partial charge in [-0.2, -0.15) is 4.31 Å². The number of nitrogens with two attached hydrogens (primary N) is 1. The normalized spacial score (nSPS) is 21.2. The third-order valence-electron chi connectivity index (χ3n) is 7.75. The lowest BCUT2D eigenvalue weighted by Gasteiger charge is -2.38. The lowest BCUT2D eigenvalue weighted by molar-refractivity contribution is -0.131. The van der Waals surface area contributed by atoms with E-state index in [0.717, 1.165) is 36.4 Å². The van der Waals surface area contributed by atoms with E-state index in [4.69, 9.17) is 10.5 Å². The van der Waals surface area contributed by atoms with E-state index >= 15 is 0 Å². The zero-order valence-corrected chi connectivity index (χ0v) is 23.4. The Bertz CT molecular complexity index is 1280. The SMILES string of the molecule is COc1ccc(S(=O)(=O)N2CC[C@H](NC(=O)c3ccncc3)C[C@H]2C(=O)N[C@@H](CC2CCCCC2)C(N)=O)cc1. The number of piperidine rings is 1. The van der Waals surface area contributed by atoms with Gasteiger partial charge in [-0.05, 0) is 61.6 Å². The summed E-state index contributed by atoms with van der Waals surface area (Å²) in [5, 5.41) is 5.66. The molecule has 2 aromatic rings. The number of hydrogen-bond acceptors (Lipinski definition) is 7. The molecule has 2 aliphatic rings. The molecular weight excluding hydrogens is 534 g/mol. The number of hydrogen-bond donors (Lipinski definition) is 3. The molecule has 3 amide bonds. The van der Waals surface area contributed by atoms with Crippen LogP contribution in [0, 0.1) is 5.92 Å². The number of nitrogens with zero attached hydrogens (tertiary/aromatic N) is 2. The molecular formula is C28H37N5O6S. The molecule has 1 aromatic carbocycles. The first kappa shape index (κ1) is 29.5. The van der Waals surface area contributed by atoms with Crippen LogP contribution in [0.5, 0.6) is 5.75 Å². The molecule has 12 heteroatoms. The molecule has 2 heterocycles. The maximum atomic E-state index is 13.7. The van der Waals surface area contributed by atoms with Crippen molar-refractivity contribution in [3.8, 4) is 5.75 Å². The van der Waals surface area contributed by atoms with Gasteiger partial charge in [0.15, 0.2) is 0 Å². The highest BCUT2D eigenvalue weighted by Crippen LogP contribution is 2.29. The van der Waals surface area contributed by atoms with Crippen molar-refractivity contribution in [1.29, 1.82) is 0 Å². The Morgan fingerprint density at radius 2 is 1.73 bits per heavy atom. The molecule has 216 valence electrons. The molecule has 0 unspecified atom stereocenters. The number of carbonyl (C=O) groups is 3. The van der Waals surface area contributed by atoms with Crippen LogP contribution in [0.25, 0.3) is 0 Å². The van der Waals surface area contributed by atoms with Crippen molar-refractivity contribution in [3.63, 3.8) is 0 Å². The highest BCUT2D eigenvalue weighted by atomic mass is 32.2. The van der Waals surface area contributed by atoms with Crippen molar-refractivity contribution in [2.45, 2.75) is 74.4 Å². The summed E-state index contributed by atoms with van der Waals surface area (Å²) in [6.45, 7) is -0.00238. The molecule has 1 aliphatic carbocycles. The molecule has 1 aromatic heterocycles. The van der Waals surface area contributed by atoms with Gasteiger partial charge in [0.25, 0.3) is 5.91 Å². The van der Waals surface area contributed by atoms with Crippen molar-refractivity contribution < 1.29 is 27.5 Å². The number of ether oxygens (including phenoxy) is 1. The summed E-state index contributed by atoms with van der Waals surface area (Å²) in [7, 11) is -2.61. The van der Waals surface area contributed by atoms with Gasteiger partial charge < -0.3 is 21.1 Å². The van der Waals surface area contributed by atoms with E-state index in [9.17, 15) is 22.8 Å². The number of carbonyl (C=O) groups excluding carboxylic acids is 3. The van der Waals surface area contributed by atoms with Crippen LogP contribution in [0.1, 0.15) is 61.7 Å². The number of aromatic nitrogens is 1. The van der Waals surface area contributed by atoms with E-state index < -0.39 is 40.0 Å². The minimum atomic E-state index is -4.09. The quantitative estimate of drug-likeness (QED) is 0.393. The summed E-state index contributed by atoms with van der Waals surface area (Å²) < 4.78 is 33.7. The molecule has 0 spiro atoms. The zero-order valence-electron chi connectivity index (χ0n) is 22.6. The van der Waals surface area contributed by atoms with Gasteiger partial charge in [0, 0.05) is 30.5 Å². The van der Waals surface area contributed by atoms with E-state index in [1.54, 1.807) is 12.1 Å². The molecule has 4 rings (SSSR count). The number of benzene rings is 1. The van der Waals surface area contributed by atoms with Crippen LogP contribution >= 0.6 is 0 Å². The summed E-state index contributed by atoms with van der Waals surface area (Å²) in [4.78, 5) is 42.7. The van der Waals surface area contributed by atoms with Gasteiger partial charge in [-0.3, -0.25) is 19.4 Å². The van der Waals surface area contributed by atoms with E-state index in [2.05, 4.69) is 15.6 Å². The molecule has 11 nitrogen and oxygen atoms in total. The number of methoxy groups -OCH3 is 1. The van der Waals surface area contributed by atoms with E-state index in [1.165, 1.54) is 43.8 Å². The van der Waals surface area contributed by atoms with Crippen LogP contribution in [0.15, 0.2) is 53.7 Å². The third-order valence-corrected chi connectivity index (χ3v) is 9.68. The van der Waals surface area contributed by atoms with Crippen molar-refractivity contribution in [2.24, 2.45) is 11.7 Å². The van der Waals surface area contributed by atoms with Gasteiger partial charge >= 0.3 is 0 Å². The second kappa shape index (κ2) is 13.2. The molecule has 1 saturated heterocycles. The first-order valence-electron chi connectivity index (χ1n) is 13.7. The zero-order chi connectivity index (χ0) is 28.7. The third kappa shape index (κ3) is 7.16. The van der Waals surface area contributed by atoms with Crippen LogP contribution in [-0.2, 0) is 19.6 Å². The van der Waals surface area contributed by atoms with Crippen LogP contribution < -0.4 is 21.1 Å². The smallest absolute Gasteiger partial charge is 0.251 e. The summed E-state index contributed by atoms with van der Waals surface area (Å²) >= 11 is 0. The lowest BCUT2D eigenvalue weighted by atomic mass is 9.84. The molecule has 3 atom stereocenters. The predicted molar refractivity (Wildman–Crippen MR) is 148 cm³/mol. The Morgan fingerprint density at radius 1 is 1.05 bits per heavy atom. The van der Waals surface area contributed by atoms with Gasteiger partial charge in [-0.25, -0.2) is 8.42 Å². The number of primary amides is 1. The predicted octanol–water partition coefficient (Wildman–Crippen LogP) is 1.98. The topological polar surface area (TPSA) is 161 Å². The minimum Gasteiger partial charge on any atom is -0.497 e. The molecule has 1 saturated carbocycles. The second-order valence-corrected chi connectivity index (χ2v) is 12.3. The number of nitrogens with one attached hydrogen (secondary N) is 2. The van der Waals surface area contributed by atoms with E-state index in [0.29, 0.717) is 24.2 Å². The fraction of sp³-hybridized carbons (Fsp3) is 0.500. The monoisotopic (exact) mass is 571 g/mol. The largest absolute Gasteiger partial charge is 0.497 e. The van der Waals surface area contributed by atoms with Crippen LogP contribution in [0.4, 0.5) is 0 Å². The van der Waals surface area contributed by atoms with Gasteiger partial charge in [0.1, 0.15) is 17.8 Å². The average Bonchev–Trinajstić information content (AvgIpc) is 2.97. The maximum absolute atomic E-state index is 13.7. The summed E-state index contributed by atoms with van der Waals surface area (Å²) in [6.07, 6.45) is 8.98. The van der Waals surface area contributed by atoms with Crippen molar-refractivity contribution >= 4 is 27.7 Å². The Balaban J connectivity index is 1.56. The Labute approximate surface area is 234 Å². The molecule has 0 radical (unpaired) electrons. The number of amides is 3. The Morgan fingerprint density at radius 3 is 2.35 bits per heavy atom. The summed E-state index contributed by atoms with van der Waals surface area (Å²) in [5.41, 5.74) is 6.08. The molecule has 0 bridgehead atoms. The second-order valence-electron chi connectivity index (χ2n) is 10.4. The Kier molecular flexibility index (Phi) is 9.75. The molecule has 1 aliphatic heterocycles. The first-order valence-corrected chi connectivity index (χ1v) is 15.1. The fourth-order valence-corrected chi connectivity index (χ4v) is 7.14. The fourth-order valence-electron chi connectivity index (χ4n) is 5.53. The van der Waals surface area contributed by atoms with Gasteiger partial charge in [-0.15, -0.1) is 0 Å². The number of pyridine rings is 1. The van der Waals surface area contributed by atoms with Crippen LogP contribution in [-0.4, -0.2) is 67.2 Å². The van der Waals surface area contributed by atoms with Gasteiger partial charge in [0.05, 0.1) is 12.0 Å². The van der Waals surface area contributed by atoms with E-state index in [1.807, 2.05) is 0 Å². The summed E-state index contributed by atoms with van der Waals surface area (Å²) in [6, 6.07) is 6.55. The highest BCUT2D eigenvalue weighted by Gasteiger charge is 2.42. The van der Waals surface area contributed by atoms with Crippen molar-refractivity contribution in [2.75, 3.05) is 13.7 Å². The lowest BCUT2D eigenvalue weighted by Crippen LogP contribution is -2.59. The highest BCUT2D eigenvalue weighted by molar-refractivity contribution is 7.89. The maximum Gasteiger partial charge on any atom is 0.251 e. The van der Waals surface area contributed by atoms with Crippen molar-refractivity contribution in [1.82, 2.24) is 19.9 Å². The first-order chi connectivity index (χ1) is 19.2. The summed E-state index contributed by atoms with van der Waals surface area (Å²) in [5.74, 6) is -0.839. The molecule has 4 N–H and O–H groups in total. The molecule has 2 fully saturated rings. The van der Waals surface area contributed by atoms with E-state index in [-0.39, 0.29) is 29.7 Å². The minimum absolute atomic E-state index is 0.00238. The standard InChI is InChI=1S/C28H37N5O6S/c1-39-22-7-9-23(10-8-22)40(37,38)33-16-13-21(31-27(35)20-11-14-30-15-12-20)18-25(33)28(36)32-24(26(29)34)17-19-5-3-2-4-6-19/h7-12,14-15,19,21,24-25H,2-6,13,16-18H2,1H3,(H2,29,34)(H,31,35)(H,32,36)/t21-,24-,25-/m0/s1. The van der Waals surface area contributed by atoms with Gasteiger partial charge in [0.2, 0.25) is 21.8 Å². The number of rotatable bonds is 10. The van der Waals surface area contributed by atoms with Crippen LogP contribution in [0.2, 0.25) is 0 Å².